The Hall–Kier alpha value is -1.44. The molecule has 0 amide bonds. The van der Waals surface area contributed by atoms with Crippen LogP contribution in [0.4, 0.5) is 0 Å². The third-order valence-electron chi connectivity index (χ3n) is 9.25. The molecule has 0 aliphatic rings. The topological polar surface area (TPSA) is 94.1 Å². The Morgan fingerprint density at radius 3 is 1.45 bits per heavy atom. The Morgan fingerprint density at radius 2 is 1.00 bits per heavy atom. The molecule has 2 atom stereocenters. The van der Waals surface area contributed by atoms with Crippen LogP contribution >= 0.6 is 7.82 Å². The van der Waals surface area contributed by atoms with Gasteiger partial charge in [-0.1, -0.05) is 134 Å². The number of rotatable bonds is 40. The molecule has 0 saturated heterocycles. The summed E-state index contributed by atoms with van der Waals surface area (Å²) in [7, 11) is 1.35. The Labute approximate surface area is 327 Å². The van der Waals surface area contributed by atoms with Crippen LogP contribution in [0.15, 0.2) is 36.6 Å². The molecular formula is C44H84NO7P. The minimum atomic E-state index is -4.52. The van der Waals surface area contributed by atoms with E-state index in [4.69, 9.17) is 18.5 Å². The molecule has 0 aromatic carbocycles. The number of allylic oxidation sites excluding steroid dienone is 5. The lowest BCUT2D eigenvalue weighted by molar-refractivity contribution is -0.870. The van der Waals surface area contributed by atoms with Crippen molar-refractivity contribution in [3.8, 4) is 0 Å². The van der Waals surface area contributed by atoms with Crippen LogP contribution in [0.1, 0.15) is 187 Å². The lowest BCUT2D eigenvalue weighted by Crippen LogP contribution is -2.37. The molecule has 0 aliphatic carbocycles. The van der Waals surface area contributed by atoms with Gasteiger partial charge in [-0.2, -0.15) is 0 Å². The number of carbonyl (C=O) groups is 1. The SMILES string of the molecule is CCCCCCCC/C=C\CCCCCC/C=C\OC(COC(=O)CCCCCCC/C=C\CCCCCCCC)COP(=O)([O-])OCC[N+](C)(C)C. The average molecular weight is 770 g/mol. The summed E-state index contributed by atoms with van der Waals surface area (Å²) in [4.78, 5) is 24.8. The van der Waals surface area contributed by atoms with Gasteiger partial charge < -0.3 is 27.9 Å². The Morgan fingerprint density at radius 1 is 0.585 bits per heavy atom. The molecule has 0 heterocycles. The van der Waals surface area contributed by atoms with Crippen LogP contribution in [0, 0.1) is 0 Å². The fourth-order valence-corrected chi connectivity index (χ4v) is 6.48. The predicted octanol–water partition coefficient (Wildman–Crippen LogP) is 12.3. The highest BCUT2D eigenvalue weighted by Gasteiger charge is 2.19. The van der Waals surface area contributed by atoms with Crippen LogP contribution in [0.3, 0.4) is 0 Å². The van der Waals surface area contributed by atoms with Crippen LogP contribution in [0.5, 0.6) is 0 Å². The van der Waals surface area contributed by atoms with E-state index in [0.717, 1.165) is 51.4 Å². The van der Waals surface area contributed by atoms with Crippen LogP contribution in [-0.2, 0) is 27.9 Å². The van der Waals surface area contributed by atoms with E-state index in [0.29, 0.717) is 17.4 Å². The Bertz CT molecular complexity index is 947. The average Bonchev–Trinajstić information content (AvgIpc) is 3.11. The second kappa shape index (κ2) is 37.5. The van der Waals surface area contributed by atoms with E-state index in [-0.39, 0.29) is 25.8 Å². The van der Waals surface area contributed by atoms with Gasteiger partial charge >= 0.3 is 5.97 Å². The molecule has 53 heavy (non-hydrogen) atoms. The zero-order valence-electron chi connectivity index (χ0n) is 35.2. The second-order valence-electron chi connectivity index (χ2n) is 15.8. The molecule has 0 aromatic heterocycles. The highest BCUT2D eigenvalue weighted by atomic mass is 31.2. The predicted molar refractivity (Wildman–Crippen MR) is 222 cm³/mol. The lowest BCUT2D eigenvalue weighted by Gasteiger charge is -2.28. The molecule has 0 rings (SSSR count). The number of esters is 1. The Balaban J connectivity index is 4.32. The molecule has 9 heteroatoms. The minimum absolute atomic E-state index is 0.0239. The van der Waals surface area contributed by atoms with Gasteiger partial charge in [0.1, 0.15) is 19.8 Å². The third-order valence-corrected chi connectivity index (χ3v) is 10.2. The number of phosphoric acid groups is 1. The number of nitrogens with zero attached hydrogens (tertiary/aromatic N) is 1. The van der Waals surface area contributed by atoms with Gasteiger partial charge in [-0.05, 0) is 76.7 Å². The maximum absolute atomic E-state index is 12.5. The smallest absolute Gasteiger partial charge is 0.305 e. The highest BCUT2D eigenvalue weighted by molar-refractivity contribution is 7.45. The summed E-state index contributed by atoms with van der Waals surface area (Å²) in [5.74, 6) is -0.304. The number of carbonyl (C=O) groups excluding carboxylic acids is 1. The fraction of sp³-hybridized carbons (Fsp3) is 0.841. The molecule has 312 valence electrons. The highest BCUT2D eigenvalue weighted by Crippen LogP contribution is 2.38. The molecule has 0 N–H and O–H groups in total. The summed E-state index contributed by atoms with van der Waals surface area (Å²) >= 11 is 0. The van der Waals surface area contributed by atoms with E-state index in [1.165, 1.54) is 116 Å². The fourth-order valence-electron chi connectivity index (χ4n) is 5.75. The van der Waals surface area contributed by atoms with Crippen LogP contribution in [-0.4, -0.2) is 64.1 Å². The van der Waals surface area contributed by atoms with Crippen molar-refractivity contribution in [3.63, 3.8) is 0 Å². The molecule has 0 saturated carbocycles. The third kappa shape index (κ3) is 41.6. The summed E-state index contributed by atoms with van der Waals surface area (Å²) in [5.41, 5.74) is 0. The number of ether oxygens (including phenoxy) is 2. The molecule has 0 radical (unpaired) electrons. The normalized spacial score (nSPS) is 14.1. The maximum Gasteiger partial charge on any atom is 0.305 e. The molecule has 0 bridgehead atoms. The van der Waals surface area contributed by atoms with E-state index in [2.05, 4.69) is 38.2 Å². The number of likely N-dealkylation sites (N-methyl/N-ethyl adjacent to an activating group) is 1. The van der Waals surface area contributed by atoms with Crippen LogP contribution in [0.25, 0.3) is 0 Å². The van der Waals surface area contributed by atoms with Gasteiger partial charge in [-0.3, -0.25) is 9.36 Å². The molecule has 0 aromatic rings. The van der Waals surface area contributed by atoms with Crippen molar-refractivity contribution >= 4 is 13.8 Å². The number of quaternary nitrogens is 1. The van der Waals surface area contributed by atoms with Crippen LogP contribution < -0.4 is 4.89 Å². The summed E-state index contributed by atoms with van der Waals surface area (Å²) in [6, 6.07) is 0. The lowest BCUT2D eigenvalue weighted by atomic mass is 10.1. The minimum Gasteiger partial charge on any atom is -0.756 e. The van der Waals surface area contributed by atoms with Crippen molar-refractivity contribution in [1.82, 2.24) is 0 Å². The zero-order valence-corrected chi connectivity index (χ0v) is 36.1. The first-order chi connectivity index (χ1) is 25.6. The molecule has 8 nitrogen and oxygen atoms in total. The first kappa shape index (κ1) is 51.6. The summed E-state index contributed by atoms with van der Waals surface area (Å²) < 4.78 is 34.3. The summed E-state index contributed by atoms with van der Waals surface area (Å²) in [6.07, 6.45) is 44.0. The van der Waals surface area contributed by atoms with Gasteiger partial charge in [0, 0.05) is 6.42 Å². The van der Waals surface area contributed by atoms with Crippen LogP contribution in [0.2, 0.25) is 0 Å². The summed E-state index contributed by atoms with van der Waals surface area (Å²) in [5, 5.41) is 0. The van der Waals surface area contributed by atoms with E-state index in [1.54, 1.807) is 6.26 Å². The van der Waals surface area contributed by atoms with E-state index in [9.17, 15) is 14.3 Å². The summed E-state index contributed by atoms with van der Waals surface area (Å²) in [6.45, 7) is 4.68. The first-order valence-corrected chi connectivity index (χ1v) is 23.2. The zero-order chi connectivity index (χ0) is 39.1. The molecule has 0 spiro atoms. The first-order valence-electron chi connectivity index (χ1n) is 21.8. The van der Waals surface area contributed by atoms with Gasteiger partial charge in [0.2, 0.25) is 0 Å². The number of hydrogen-bond donors (Lipinski definition) is 0. The molecule has 0 aliphatic heterocycles. The van der Waals surface area contributed by atoms with Gasteiger partial charge in [0.05, 0.1) is 34.0 Å². The van der Waals surface area contributed by atoms with Gasteiger partial charge in [-0.15, -0.1) is 0 Å². The molecule has 2 unspecified atom stereocenters. The van der Waals surface area contributed by atoms with E-state index in [1.807, 2.05) is 27.2 Å². The second-order valence-corrected chi connectivity index (χ2v) is 17.2. The van der Waals surface area contributed by atoms with Crippen molar-refractivity contribution in [2.24, 2.45) is 0 Å². The monoisotopic (exact) mass is 770 g/mol. The van der Waals surface area contributed by atoms with Crippen molar-refractivity contribution in [2.75, 3.05) is 47.5 Å². The number of phosphoric ester groups is 1. The molecular weight excluding hydrogens is 685 g/mol. The quantitative estimate of drug-likeness (QED) is 0.0153. The number of hydrogen-bond acceptors (Lipinski definition) is 7. The Kier molecular flexibility index (Phi) is 36.5. The number of unbranched alkanes of at least 4 members (excludes halogenated alkanes) is 22. The van der Waals surface area contributed by atoms with Crippen molar-refractivity contribution in [2.45, 2.75) is 193 Å². The van der Waals surface area contributed by atoms with Crippen molar-refractivity contribution < 1.29 is 37.3 Å². The largest absolute Gasteiger partial charge is 0.756 e. The molecule has 0 fully saturated rings. The van der Waals surface area contributed by atoms with Gasteiger partial charge in [0.25, 0.3) is 7.82 Å². The maximum atomic E-state index is 12.5. The van der Waals surface area contributed by atoms with Crippen molar-refractivity contribution in [3.05, 3.63) is 36.6 Å². The standard InChI is InChI=1S/C44H84NO7P/c1-6-8-10-12-14-16-18-20-22-24-26-28-30-32-34-36-39-49-43(42-52-53(47,48)51-40-38-45(3,4)5)41-50-44(46)37-35-33-31-29-27-25-23-21-19-17-15-13-11-9-7-2/h20-23,36,39,43H,6-19,24-35,37-38,40-42H2,1-5H3/b22-20-,23-21-,39-36-. The van der Waals surface area contributed by atoms with Gasteiger partial charge in [0.15, 0.2) is 6.10 Å². The van der Waals surface area contributed by atoms with E-state index < -0.39 is 13.9 Å². The van der Waals surface area contributed by atoms with Gasteiger partial charge in [-0.25, -0.2) is 0 Å². The van der Waals surface area contributed by atoms with Crippen molar-refractivity contribution in [1.29, 1.82) is 0 Å². The van der Waals surface area contributed by atoms with E-state index >= 15 is 0 Å².